The van der Waals surface area contributed by atoms with Gasteiger partial charge in [-0.05, 0) is 81.3 Å². The average molecular weight is 349 g/mol. The summed E-state index contributed by atoms with van der Waals surface area (Å²) in [6.45, 7) is 7.69. The van der Waals surface area contributed by atoms with Gasteiger partial charge in [-0.15, -0.1) is 0 Å². The predicted molar refractivity (Wildman–Crippen MR) is 108 cm³/mol. The van der Waals surface area contributed by atoms with Crippen LogP contribution in [0.15, 0.2) is 36.4 Å². The fourth-order valence-corrected chi connectivity index (χ4v) is 3.25. The number of amides is 1. The van der Waals surface area contributed by atoms with Gasteiger partial charge in [-0.3, -0.25) is 5.32 Å². The molecule has 0 unspecified atom stereocenters. The first kappa shape index (κ1) is 18.2. The molecule has 3 nitrogen and oxygen atoms in total. The van der Waals surface area contributed by atoms with Crippen LogP contribution in [0.1, 0.15) is 55.0 Å². The summed E-state index contributed by atoms with van der Waals surface area (Å²) < 4.78 is 5.37. The lowest BCUT2D eigenvalue weighted by atomic mass is 10.0. The number of ether oxygens (including phenoxy) is 1. The Labute approximate surface area is 156 Å². The molecule has 1 aliphatic rings. The third kappa shape index (κ3) is 4.75. The van der Waals surface area contributed by atoms with Crippen molar-refractivity contribution in [1.29, 1.82) is 0 Å². The van der Waals surface area contributed by atoms with Crippen molar-refractivity contribution in [3.05, 3.63) is 64.2 Å². The first-order valence-electron chi connectivity index (χ1n) is 9.21. The van der Waals surface area contributed by atoms with Crippen LogP contribution in [0.5, 0.6) is 0 Å². The van der Waals surface area contributed by atoms with Gasteiger partial charge >= 0.3 is 6.09 Å². The Morgan fingerprint density at radius 2 is 1.81 bits per heavy atom. The summed E-state index contributed by atoms with van der Waals surface area (Å²) in [5, 5.41) is 2.88. The van der Waals surface area contributed by atoms with Crippen molar-refractivity contribution < 1.29 is 9.53 Å². The first-order valence-corrected chi connectivity index (χ1v) is 9.21. The van der Waals surface area contributed by atoms with Crippen LogP contribution in [0.3, 0.4) is 0 Å². The van der Waals surface area contributed by atoms with Crippen LogP contribution in [-0.2, 0) is 17.6 Å². The number of carbonyl (C=O) groups is 1. The van der Waals surface area contributed by atoms with E-state index in [-0.39, 0.29) is 0 Å². The summed E-state index contributed by atoms with van der Waals surface area (Å²) in [6, 6.07) is 12.6. The minimum absolute atomic E-state index is 0.413. The van der Waals surface area contributed by atoms with Crippen molar-refractivity contribution in [3.63, 3.8) is 0 Å². The normalized spacial score (nSPS) is 13.7. The molecule has 3 heteroatoms. The van der Waals surface area contributed by atoms with Gasteiger partial charge in [0.2, 0.25) is 0 Å². The summed E-state index contributed by atoms with van der Waals surface area (Å²) in [4.78, 5) is 12.1. The second-order valence-corrected chi connectivity index (χ2v) is 7.93. The molecule has 1 amide bonds. The molecule has 0 fully saturated rings. The van der Waals surface area contributed by atoms with E-state index in [1.165, 1.54) is 27.8 Å². The second-order valence-electron chi connectivity index (χ2n) is 7.93. The molecule has 0 spiro atoms. The van der Waals surface area contributed by atoms with E-state index in [0.717, 1.165) is 24.9 Å². The van der Waals surface area contributed by atoms with Crippen LogP contribution in [0.25, 0.3) is 12.2 Å². The average Bonchev–Trinajstić information content (AvgIpc) is 3.00. The fraction of sp³-hybridized carbons (Fsp3) is 0.348. The quantitative estimate of drug-likeness (QED) is 0.690. The van der Waals surface area contributed by atoms with Crippen molar-refractivity contribution in [1.82, 2.24) is 0 Å². The molecule has 136 valence electrons. The van der Waals surface area contributed by atoms with E-state index in [2.05, 4.69) is 54.7 Å². The number of anilines is 1. The lowest BCUT2D eigenvalue weighted by Crippen LogP contribution is -2.27. The van der Waals surface area contributed by atoms with Gasteiger partial charge in [-0.25, -0.2) is 4.79 Å². The highest BCUT2D eigenvalue weighted by molar-refractivity contribution is 5.86. The van der Waals surface area contributed by atoms with Crippen molar-refractivity contribution in [2.45, 2.75) is 52.6 Å². The molecule has 0 atom stereocenters. The first-order chi connectivity index (χ1) is 12.3. The number of carbonyl (C=O) groups excluding carboxylic acids is 1. The molecule has 0 aliphatic heterocycles. The molecule has 2 aromatic rings. The zero-order valence-corrected chi connectivity index (χ0v) is 16.1. The van der Waals surface area contributed by atoms with Crippen LogP contribution in [0.4, 0.5) is 10.5 Å². The molecule has 3 rings (SSSR count). The van der Waals surface area contributed by atoms with Gasteiger partial charge < -0.3 is 4.74 Å². The van der Waals surface area contributed by atoms with Crippen LogP contribution < -0.4 is 5.32 Å². The minimum atomic E-state index is -0.505. The number of fused-ring (bicyclic) bond motifs is 1. The van der Waals surface area contributed by atoms with Gasteiger partial charge in [0.1, 0.15) is 5.60 Å². The van der Waals surface area contributed by atoms with Crippen molar-refractivity contribution in [3.8, 4) is 0 Å². The number of hydrogen-bond acceptors (Lipinski definition) is 2. The van der Waals surface area contributed by atoms with Gasteiger partial charge in [-0.1, -0.05) is 42.0 Å². The summed E-state index contributed by atoms with van der Waals surface area (Å²) in [5.74, 6) is 0. The number of benzene rings is 2. The summed E-state index contributed by atoms with van der Waals surface area (Å²) in [5.41, 5.74) is 6.61. The molecule has 26 heavy (non-hydrogen) atoms. The van der Waals surface area contributed by atoms with E-state index >= 15 is 0 Å². The third-order valence-electron chi connectivity index (χ3n) is 4.43. The third-order valence-corrected chi connectivity index (χ3v) is 4.43. The molecule has 0 bridgehead atoms. The summed E-state index contributed by atoms with van der Waals surface area (Å²) in [7, 11) is 0. The monoisotopic (exact) mass is 349 g/mol. The Balaban J connectivity index is 1.84. The van der Waals surface area contributed by atoms with Gasteiger partial charge in [0, 0.05) is 5.69 Å². The topological polar surface area (TPSA) is 38.3 Å². The largest absolute Gasteiger partial charge is 0.444 e. The van der Waals surface area contributed by atoms with Crippen molar-refractivity contribution >= 4 is 23.9 Å². The molecule has 0 radical (unpaired) electrons. The SMILES string of the molecule is Cc1ccc(/C=C/c2cc(NC(=O)OC(C)(C)C)cc3c2CCC3)cc1. The zero-order valence-electron chi connectivity index (χ0n) is 16.1. The van der Waals surface area contributed by atoms with Crippen LogP contribution >= 0.6 is 0 Å². The molecule has 1 N–H and O–H groups in total. The Bertz CT molecular complexity index is 827. The summed E-state index contributed by atoms with van der Waals surface area (Å²) >= 11 is 0. The lowest BCUT2D eigenvalue weighted by Gasteiger charge is -2.20. The predicted octanol–water partition coefficient (Wildman–Crippen LogP) is 6.00. The maximum atomic E-state index is 12.1. The van der Waals surface area contributed by atoms with E-state index in [1.807, 2.05) is 26.8 Å². The Kier molecular flexibility index (Phi) is 5.17. The number of aryl methyl sites for hydroxylation is 2. The lowest BCUT2D eigenvalue weighted by molar-refractivity contribution is 0.0636. The molecular weight excluding hydrogens is 322 g/mol. The molecular formula is C23H27NO2. The number of hydrogen-bond donors (Lipinski definition) is 1. The van der Waals surface area contributed by atoms with Crippen molar-refractivity contribution in [2.24, 2.45) is 0 Å². The standard InChI is InChI=1S/C23H27NO2/c1-16-8-10-17(11-9-16)12-13-19-15-20(14-18-6-5-7-21(18)19)24-22(25)26-23(2,3)4/h8-15H,5-7H2,1-4H3,(H,24,25)/b13-12+. The smallest absolute Gasteiger partial charge is 0.412 e. The molecule has 0 saturated carbocycles. The van der Waals surface area contributed by atoms with Crippen LogP contribution in [0.2, 0.25) is 0 Å². The number of nitrogens with one attached hydrogen (secondary N) is 1. The van der Waals surface area contributed by atoms with E-state index in [1.54, 1.807) is 0 Å². The highest BCUT2D eigenvalue weighted by Gasteiger charge is 2.19. The molecule has 0 saturated heterocycles. The maximum Gasteiger partial charge on any atom is 0.412 e. The Hall–Kier alpha value is -2.55. The number of rotatable bonds is 3. The highest BCUT2D eigenvalue weighted by Crippen LogP contribution is 2.30. The zero-order chi connectivity index (χ0) is 18.7. The minimum Gasteiger partial charge on any atom is -0.444 e. The van der Waals surface area contributed by atoms with Crippen molar-refractivity contribution in [2.75, 3.05) is 5.32 Å². The van der Waals surface area contributed by atoms with Gasteiger partial charge in [0.05, 0.1) is 0 Å². The molecule has 1 aliphatic carbocycles. The van der Waals surface area contributed by atoms with E-state index in [0.29, 0.717) is 0 Å². The van der Waals surface area contributed by atoms with E-state index in [4.69, 9.17) is 4.74 Å². The van der Waals surface area contributed by atoms with Gasteiger partial charge in [-0.2, -0.15) is 0 Å². The van der Waals surface area contributed by atoms with Crippen LogP contribution in [0, 0.1) is 6.92 Å². The molecule has 0 heterocycles. The molecule has 2 aromatic carbocycles. The maximum absolute atomic E-state index is 12.1. The Morgan fingerprint density at radius 1 is 1.08 bits per heavy atom. The second kappa shape index (κ2) is 7.36. The highest BCUT2D eigenvalue weighted by atomic mass is 16.6. The van der Waals surface area contributed by atoms with Gasteiger partial charge in [0.15, 0.2) is 0 Å². The fourth-order valence-electron chi connectivity index (χ4n) is 3.25. The molecule has 0 aromatic heterocycles. The van der Waals surface area contributed by atoms with Gasteiger partial charge in [0.25, 0.3) is 0 Å². The Morgan fingerprint density at radius 3 is 2.50 bits per heavy atom. The van der Waals surface area contributed by atoms with E-state index in [9.17, 15) is 4.79 Å². The van der Waals surface area contributed by atoms with Crippen LogP contribution in [-0.4, -0.2) is 11.7 Å². The van der Waals surface area contributed by atoms with E-state index < -0.39 is 11.7 Å². The summed E-state index contributed by atoms with van der Waals surface area (Å²) in [6.07, 6.45) is 7.18.